The molecule has 8 aliphatic rings. The van der Waals surface area contributed by atoms with Crippen molar-refractivity contribution in [2.24, 2.45) is 40.5 Å². The average molecular weight is 1040 g/mol. The number of rotatable bonds is 7. The maximum Gasteiger partial charge on any atom is 0.315 e. The molecule has 1 spiro atoms. The van der Waals surface area contributed by atoms with Crippen molar-refractivity contribution >= 4 is 35.1 Å². The molecule has 18 heteroatoms. The molecule has 1 aliphatic carbocycles. The molecule has 75 heavy (non-hydrogen) atoms. The van der Waals surface area contributed by atoms with Crippen LogP contribution in [-0.4, -0.2) is 172 Å². The van der Waals surface area contributed by atoms with Crippen molar-refractivity contribution in [2.45, 2.75) is 131 Å². The Morgan fingerprint density at radius 3 is 2.24 bits per heavy atom. The fourth-order valence-corrected chi connectivity index (χ4v) is 12.0. The second-order valence-electron chi connectivity index (χ2n) is 23.2. The first-order valence-corrected chi connectivity index (χ1v) is 27.3. The van der Waals surface area contributed by atoms with E-state index in [1.54, 1.807) is 63.8 Å². The van der Waals surface area contributed by atoms with Crippen molar-refractivity contribution in [2.75, 3.05) is 72.5 Å². The molecule has 18 nitrogen and oxygen atoms in total. The minimum absolute atomic E-state index is 0.0237. The molecule has 3 saturated heterocycles. The summed E-state index contributed by atoms with van der Waals surface area (Å²) in [5.74, 6) is -6.63. The van der Waals surface area contributed by atoms with Gasteiger partial charge >= 0.3 is 11.8 Å². The zero-order valence-corrected chi connectivity index (χ0v) is 45.7. The first-order chi connectivity index (χ1) is 35.5. The molecule has 5 bridgehead atoms. The molecule has 3 fully saturated rings. The monoisotopic (exact) mass is 1040 g/mol. The van der Waals surface area contributed by atoms with Gasteiger partial charge in [0, 0.05) is 107 Å². The normalized spacial score (nSPS) is 32.0. The molecule has 0 aromatic heterocycles. The zero-order valence-electron chi connectivity index (χ0n) is 45.7. The number of ketones is 2. The van der Waals surface area contributed by atoms with E-state index < -0.39 is 89.0 Å². The number of allylic oxidation sites excluding steroid dienone is 5. The molecular weight excluding hydrogens is 959 g/mol. The van der Waals surface area contributed by atoms with Gasteiger partial charge in [0.2, 0.25) is 11.7 Å². The van der Waals surface area contributed by atoms with Gasteiger partial charge in [-0.05, 0) is 77.1 Å². The van der Waals surface area contributed by atoms with Crippen LogP contribution in [0.1, 0.15) is 126 Å². The fraction of sp³-hybridized carbons (Fsp3) is 0.649. The summed E-state index contributed by atoms with van der Waals surface area (Å²) >= 11 is 0. The van der Waals surface area contributed by atoms with Crippen molar-refractivity contribution in [1.29, 1.82) is 0 Å². The number of ether oxygens (including phenoxy) is 3. The fourth-order valence-electron chi connectivity index (χ4n) is 12.0. The van der Waals surface area contributed by atoms with Gasteiger partial charge in [-0.25, -0.2) is 0 Å². The van der Waals surface area contributed by atoms with Crippen LogP contribution in [0.15, 0.2) is 52.5 Å². The number of aliphatic hydroxyl groups is 2. The molecule has 7 heterocycles. The summed E-state index contributed by atoms with van der Waals surface area (Å²) in [5.41, 5.74) is -0.189. The van der Waals surface area contributed by atoms with E-state index in [4.69, 9.17) is 19.2 Å². The van der Waals surface area contributed by atoms with E-state index in [2.05, 4.69) is 46.2 Å². The highest BCUT2D eigenvalue weighted by Crippen LogP contribution is 2.50. The summed E-state index contributed by atoms with van der Waals surface area (Å²) in [6.45, 7) is 24.1. The summed E-state index contributed by atoms with van der Waals surface area (Å²) < 4.78 is 18.7. The van der Waals surface area contributed by atoms with E-state index in [0.29, 0.717) is 50.9 Å². The maximum atomic E-state index is 14.9. The molecule has 7 aliphatic heterocycles. The Balaban J connectivity index is 1.07. The Bertz CT molecular complexity index is 2550. The number of piperidine rings is 2. The molecule has 2 amide bonds. The first kappa shape index (κ1) is 55.8. The number of hydrogen-bond acceptors (Lipinski definition) is 16. The largest absolute Gasteiger partial charge is 0.507 e. The molecule has 0 radical (unpaired) electrons. The quantitative estimate of drug-likeness (QED) is 0.182. The molecular formula is C57H81N7O11. The number of benzene rings is 1. The van der Waals surface area contributed by atoms with Crippen molar-refractivity contribution in [3.05, 3.63) is 69.8 Å². The number of likely N-dealkylation sites (tertiary alicyclic amines) is 2. The van der Waals surface area contributed by atoms with Gasteiger partial charge in [-0.1, -0.05) is 59.8 Å². The second kappa shape index (κ2) is 22.7. The number of aromatic hydroxyl groups is 1. The third-order valence-corrected chi connectivity index (χ3v) is 16.9. The number of phenolic OH excluding ortho intramolecular Hbond substituents is 1. The molecule has 410 valence electrons. The number of phenols is 1. The van der Waals surface area contributed by atoms with E-state index >= 15 is 0 Å². The number of nitrogens with one attached hydrogen (secondary N) is 2. The number of nitrogens with zero attached hydrogens (tertiary/aromatic N) is 5. The molecule has 8 atom stereocenters. The lowest BCUT2D eigenvalue weighted by Gasteiger charge is -2.38. The minimum Gasteiger partial charge on any atom is -0.507 e. The summed E-state index contributed by atoms with van der Waals surface area (Å²) in [5, 5.41) is 41.8. The number of aliphatic imine (C=N–C) groups is 1. The standard InChI is InChI=1S/C57H81N7O11/c1-32(2)30-62-22-18-57(19-23-62)59-45-42-43-50(69)38(8)53-44(42)54(71)56(9,75-53)73-28-12-15-34(4)52(74-41(66)29-40(65)64-26-24-63(25-27-64)31-39-16-20-61(10)21-17-39)37(7)49(68)36(6)48(67)33(3)13-11-14-35(5)55(72)58-47(51(43)70)46(45)60-57/h11-14,28,32-34,36-37,39,48-49,52,60,67-69H,15-27,29-31H2,1-10H3,(H,58,72)/b13-11+,28-12+,35-14-/t33-,34+,36+,37+,48-,49+,52+,56-/m0/s1. The van der Waals surface area contributed by atoms with Crippen LogP contribution in [0.2, 0.25) is 0 Å². The number of amides is 2. The van der Waals surface area contributed by atoms with Crippen molar-refractivity contribution in [3.8, 4) is 11.5 Å². The van der Waals surface area contributed by atoms with Crippen LogP contribution in [0.4, 0.5) is 0 Å². The van der Waals surface area contributed by atoms with Crippen LogP contribution >= 0.6 is 0 Å². The molecule has 0 saturated carbocycles. The summed E-state index contributed by atoms with van der Waals surface area (Å²) in [6, 6.07) is 0. The number of carbonyl (C=O) groups excluding carboxylic acids is 5. The Labute approximate surface area is 442 Å². The highest BCUT2D eigenvalue weighted by atomic mass is 16.7. The summed E-state index contributed by atoms with van der Waals surface area (Å²) in [6.07, 6.45) is 7.96. The van der Waals surface area contributed by atoms with Crippen LogP contribution < -0.4 is 15.4 Å². The van der Waals surface area contributed by atoms with E-state index in [1.165, 1.54) is 13.2 Å². The average Bonchev–Trinajstić information content (AvgIpc) is 3.88. The number of piperazine rings is 1. The lowest BCUT2D eigenvalue weighted by Crippen LogP contribution is -2.51. The highest BCUT2D eigenvalue weighted by molar-refractivity contribution is 6.34. The molecule has 9 rings (SSSR count). The first-order valence-electron chi connectivity index (χ1n) is 27.3. The van der Waals surface area contributed by atoms with Crippen LogP contribution in [0, 0.1) is 42.4 Å². The maximum absolute atomic E-state index is 14.9. The molecule has 0 unspecified atom stereocenters. The highest BCUT2D eigenvalue weighted by Gasteiger charge is 2.54. The van der Waals surface area contributed by atoms with Gasteiger partial charge in [0.25, 0.3) is 11.7 Å². The van der Waals surface area contributed by atoms with Gasteiger partial charge < -0.3 is 54.9 Å². The Morgan fingerprint density at radius 1 is 0.893 bits per heavy atom. The lowest BCUT2D eigenvalue weighted by atomic mass is 9.79. The number of hydrogen-bond donors (Lipinski definition) is 5. The van der Waals surface area contributed by atoms with Gasteiger partial charge in [-0.3, -0.25) is 33.9 Å². The molecule has 1 aromatic carbocycles. The predicted octanol–water partition coefficient (Wildman–Crippen LogP) is 4.85. The number of Topliss-reactive ketones (excluding diaryl/α,β-unsaturated/α-hetero) is 2. The SMILES string of the molecule is C/C1=C/C=C/[C@H](C)[C@H](O)[C@@H](C)[C@@H](O)[C@@H](C)[C@H](OC(=O)CC(=O)N2CCN(CC3CCN(C)CC3)CC2)[C@H](C)C/C=C/O[C@@]2(C)Oc3c(C)c(O)c4c(c3C2=O)C2=NC3(CCN(CC(C)C)CC3)NC2=C(NC1=O)C4=O. The van der Waals surface area contributed by atoms with E-state index in [-0.39, 0.29) is 63.0 Å². The summed E-state index contributed by atoms with van der Waals surface area (Å²) in [4.78, 5) is 85.2. The van der Waals surface area contributed by atoms with Crippen molar-refractivity contribution < 1.29 is 53.5 Å². The number of fused-ring (bicyclic) bond motifs is 13. The van der Waals surface area contributed by atoms with Gasteiger partial charge in [0.05, 0.1) is 41.0 Å². The number of aliphatic hydroxyl groups excluding tert-OH is 2. The zero-order chi connectivity index (χ0) is 54.3. The number of carbonyl (C=O) groups is 5. The topological polar surface area (TPSA) is 223 Å². The Hall–Kier alpha value is -5.40. The van der Waals surface area contributed by atoms with Gasteiger partial charge in [-0.15, -0.1) is 0 Å². The molecule has 5 N–H and O–H groups in total. The third kappa shape index (κ3) is 11.7. The van der Waals surface area contributed by atoms with Gasteiger partial charge in [-0.2, -0.15) is 0 Å². The Kier molecular flexibility index (Phi) is 16.9. The summed E-state index contributed by atoms with van der Waals surface area (Å²) in [7, 11) is 2.15. The predicted molar refractivity (Wildman–Crippen MR) is 283 cm³/mol. The third-order valence-electron chi connectivity index (χ3n) is 16.9. The van der Waals surface area contributed by atoms with Crippen LogP contribution in [0.5, 0.6) is 11.5 Å². The molecule has 1 aromatic rings. The Morgan fingerprint density at radius 2 is 1.57 bits per heavy atom. The van der Waals surface area contributed by atoms with E-state index in [0.717, 1.165) is 52.1 Å². The van der Waals surface area contributed by atoms with Crippen molar-refractivity contribution in [3.63, 3.8) is 0 Å². The lowest BCUT2D eigenvalue weighted by molar-refractivity contribution is -0.162. The number of esters is 1. The van der Waals surface area contributed by atoms with Gasteiger partial charge in [0.1, 0.15) is 35.4 Å². The van der Waals surface area contributed by atoms with E-state index in [9.17, 15) is 39.3 Å². The smallest absolute Gasteiger partial charge is 0.315 e. The van der Waals surface area contributed by atoms with Crippen LogP contribution in [0.25, 0.3) is 0 Å². The second-order valence-corrected chi connectivity index (χ2v) is 23.2. The van der Waals surface area contributed by atoms with Crippen LogP contribution in [-0.2, 0) is 23.9 Å². The van der Waals surface area contributed by atoms with Gasteiger partial charge in [0.15, 0.2) is 0 Å². The minimum atomic E-state index is -1.96. The van der Waals surface area contributed by atoms with E-state index in [1.807, 2.05) is 6.92 Å². The van der Waals surface area contributed by atoms with Crippen molar-refractivity contribution in [1.82, 2.24) is 30.2 Å². The van der Waals surface area contributed by atoms with Crippen LogP contribution in [0.3, 0.4) is 0 Å².